The van der Waals surface area contributed by atoms with Crippen molar-refractivity contribution in [3.63, 3.8) is 0 Å². The van der Waals surface area contributed by atoms with Crippen LogP contribution in [0, 0.1) is 0 Å². The lowest BCUT2D eigenvalue weighted by Crippen LogP contribution is -2.17. The molecule has 0 saturated heterocycles. The molecule has 0 fully saturated rings. The molecule has 4 rings (SSSR count). The lowest BCUT2D eigenvalue weighted by Gasteiger charge is -2.18. The Hall–Kier alpha value is -3.01. The van der Waals surface area contributed by atoms with E-state index >= 15 is 0 Å². The third-order valence-corrected chi connectivity index (χ3v) is 4.37. The monoisotopic (exact) mass is 358 g/mol. The first-order valence-electron chi connectivity index (χ1n) is 7.56. The summed E-state index contributed by atoms with van der Waals surface area (Å²) in [5.41, 5.74) is 1.66. The van der Waals surface area contributed by atoms with Crippen molar-refractivity contribution in [3.05, 3.63) is 29.4 Å². The van der Waals surface area contributed by atoms with Gasteiger partial charge < -0.3 is 14.8 Å². The zero-order valence-corrected chi connectivity index (χ0v) is 14.1. The molecule has 1 aliphatic rings. The number of nitrogens with zero attached hydrogens (tertiary/aromatic N) is 5. The molecule has 3 heterocycles. The average molecular weight is 358 g/mol. The van der Waals surface area contributed by atoms with Gasteiger partial charge in [-0.15, -0.1) is 16.4 Å². The number of anilines is 1. The number of hydrogen-bond donors (Lipinski definition) is 1. The standard InChI is InChI=1S/C15H14N6O3S/c1-21-13(18-19-20-21)7-14(22)17-15-16-10(8-25-15)9-2-3-11-12(6-9)24-5-4-23-11/h2-3,6,8H,4-5,7H2,1H3,(H,16,17,22). The second-order valence-electron chi connectivity index (χ2n) is 5.34. The van der Waals surface area contributed by atoms with Crippen molar-refractivity contribution in [2.45, 2.75) is 6.42 Å². The number of carbonyl (C=O) groups excluding carboxylic acids is 1. The fourth-order valence-corrected chi connectivity index (χ4v) is 3.11. The quantitative estimate of drug-likeness (QED) is 0.749. The lowest BCUT2D eigenvalue weighted by molar-refractivity contribution is -0.115. The van der Waals surface area contributed by atoms with E-state index in [2.05, 4.69) is 25.8 Å². The maximum atomic E-state index is 12.1. The summed E-state index contributed by atoms with van der Waals surface area (Å²) in [5.74, 6) is 1.70. The summed E-state index contributed by atoms with van der Waals surface area (Å²) in [6.07, 6.45) is 0.0858. The van der Waals surface area contributed by atoms with Crippen LogP contribution in [0.4, 0.5) is 5.13 Å². The topological polar surface area (TPSA) is 104 Å². The van der Waals surface area contributed by atoms with Crippen LogP contribution in [-0.2, 0) is 18.3 Å². The van der Waals surface area contributed by atoms with Gasteiger partial charge in [-0.1, -0.05) is 0 Å². The van der Waals surface area contributed by atoms with Crippen molar-refractivity contribution in [1.29, 1.82) is 0 Å². The molecule has 1 N–H and O–H groups in total. The molecule has 25 heavy (non-hydrogen) atoms. The highest BCUT2D eigenvalue weighted by atomic mass is 32.1. The van der Waals surface area contributed by atoms with E-state index in [1.807, 2.05) is 23.6 Å². The lowest BCUT2D eigenvalue weighted by atomic mass is 10.1. The number of tetrazole rings is 1. The molecule has 9 nitrogen and oxygen atoms in total. The Morgan fingerprint density at radius 2 is 2.16 bits per heavy atom. The Morgan fingerprint density at radius 1 is 1.32 bits per heavy atom. The highest BCUT2D eigenvalue weighted by Gasteiger charge is 2.15. The first-order chi connectivity index (χ1) is 12.2. The van der Waals surface area contributed by atoms with Gasteiger partial charge >= 0.3 is 0 Å². The minimum Gasteiger partial charge on any atom is -0.486 e. The molecule has 128 valence electrons. The molecule has 1 aromatic carbocycles. The number of aromatic nitrogens is 5. The van der Waals surface area contributed by atoms with E-state index in [9.17, 15) is 4.79 Å². The van der Waals surface area contributed by atoms with Gasteiger partial charge in [0.15, 0.2) is 22.5 Å². The molecule has 1 aliphatic heterocycles. The largest absolute Gasteiger partial charge is 0.486 e. The summed E-state index contributed by atoms with van der Waals surface area (Å²) in [4.78, 5) is 16.5. The summed E-state index contributed by atoms with van der Waals surface area (Å²) < 4.78 is 12.6. The fraction of sp³-hybridized carbons (Fsp3) is 0.267. The molecule has 0 spiro atoms. The molecule has 0 bridgehead atoms. The summed E-state index contributed by atoms with van der Waals surface area (Å²) in [6.45, 7) is 1.09. The first-order valence-corrected chi connectivity index (χ1v) is 8.43. The van der Waals surface area contributed by atoms with Gasteiger partial charge in [0.05, 0.1) is 12.1 Å². The number of carbonyl (C=O) groups is 1. The SMILES string of the molecule is Cn1nnnc1CC(=O)Nc1nc(-c2ccc3c(c2)OCCO3)cs1. The zero-order chi connectivity index (χ0) is 17.2. The van der Waals surface area contributed by atoms with Crippen molar-refractivity contribution in [2.24, 2.45) is 7.05 Å². The van der Waals surface area contributed by atoms with Crippen molar-refractivity contribution in [3.8, 4) is 22.8 Å². The molecule has 0 saturated carbocycles. The highest BCUT2D eigenvalue weighted by Crippen LogP contribution is 2.35. The zero-order valence-electron chi connectivity index (χ0n) is 13.3. The number of fused-ring (bicyclic) bond motifs is 1. The van der Waals surface area contributed by atoms with Crippen LogP contribution < -0.4 is 14.8 Å². The van der Waals surface area contributed by atoms with Gasteiger partial charge in [0.1, 0.15) is 13.2 Å². The highest BCUT2D eigenvalue weighted by molar-refractivity contribution is 7.14. The Labute approximate surface area is 146 Å². The molecular weight excluding hydrogens is 344 g/mol. The Morgan fingerprint density at radius 3 is 2.96 bits per heavy atom. The Balaban J connectivity index is 1.47. The number of aryl methyl sites for hydroxylation is 1. The molecule has 2 aromatic heterocycles. The molecule has 1 amide bonds. The van der Waals surface area contributed by atoms with Crippen LogP contribution in [0.25, 0.3) is 11.3 Å². The number of hydrogen-bond acceptors (Lipinski definition) is 8. The number of nitrogens with one attached hydrogen (secondary N) is 1. The van der Waals surface area contributed by atoms with Crippen LogP contribution in [-0.4, -0.2) is 44.3 Å². The summed E-state index contributed by atoms with van der Waals surface area (Å²) in [6, 6.07) is 5.67. The second kappa shape index (κ2) is 6.48. The normalized spacial score (nSPS) is 12.8. The number of rotatable bonds is 4. The minimum absolute atomic E-state index is 0.0858. The molecule has 0 radical (unpaired) electrons. The number of benzene rings is 1. The maximum absolute atomic E-state index is 12.1. The van der Waals surface area contributed by atoms with E-state index in [-0.39, 0.29) is 12.3 Å². The van der Waals surface area contributed by atoms with Crippen LogP contribution >= 0.6 is 11.3 Å². The predicted molar refractivity (Wildman–Crippen MR) is 89.7 cm³/mol. The molecular formula is C15H14N6O3S. The van der Waals surface area contributed by atoms with Crippen molar-refractivity contribution >= 4 is 22.4 Å². The van der Waals surface area contributed by atoms with Gasteiger partial charge in [-0.25, -0.2) is 9.67 Å². The molecule has 3 aromatic rings. The molecule has 10 heteroatoms. The summed E-state index contributed by atoms with van der Waals surface area (Å²) >= 11 is 1.35. The van der Waals surface area contributed by atoms with Gasteiger partial charge in [-0.2, -0.15) is 0 Å². The molecule has 0 aliphatic carbocycles. The average Bonchev–Trinajstić information content (AvgIpc) is 3.24. The van der Waals surface area contributed by atoms with Crippen molar-refractivity contribution in [2.75, 3.05) is 18.5 Å². The molecule has 0 unspecified atom stereocenters. The van der Waals surface area contributed by atoms with Crippen LogP contribution in [0.2, 0.25) is 0 Å². The van der Waals surface area contributed by atoms with E-state index in [0.717, 1.165) is 17.0 Å². The maximum Gasteiger partial charge on any atom is 0.233 e. The molecule has 0 atom stereocenters. The van der Waals surface area contributed by atoms with E-state index in [0.29, 0.717) is 29.9 Å². The number of amides is 1. The van der Waals surface area contributed by atoms with Crippen LogP contribution in [0.3, 0.4) is 0 Å². The van der Waals surface area contributed by atoms with Crippen molar-refractivity contribution < 1.29 is 14.3 Å². The van der Waals surface area contributed by atoms with Crippen molar-refractivity contribution in [1.82, 2.24) is 25.2 Å². The Bertz CT molecular complexity index is 922. The van der Waals surface area contributed by atoms with E-state index in [4.69, 9.17) is 9.47 Å². The van der Waals surface area contributed by atoms with Crippen LogP contribution in [0.1, 0.15) is 5.82 Å². The number of thiazole rings is 1. The third-order valence-electron chi connectivity index (χ3n) is 3.62. The van der Waals surface area contributed by atoms with Gasteiger partial charge in [0.25, 0.3) is 0 Å². The number of ether oxygens (including phenoxy) is 2. The van der Waals surface area contributed by atoms with E-state index in [1.54, 1.807) is 7.05 Å². The third kappa shape index (κ3) is 3.29. The van der Waals surface area contributed by atoms with Crippen LogP contribution in [0.15, 0.2) is 23.6 Å². The second-order valence-corrected chi connectivity index (χ2v) is 6.20. The van der Waals surface area contributed by atoms with E-state index in [1.165, 1.54) is 16.0 Å². The van der Waals surface area contributed by atoms with E-state index < -0.39 is 0 Å². The first kappa shape index (κ1) is 15.5. The summed E-state index contributed by atoms with van der Waals surface area (Å²) in [5, 5.41) is 16.2. The van der Waals surface area contributed by atoms with Crippen LogP contribution in [0.5, 0.6) is 11.5 Å². The smallest absolute Gasteiger partial charge is 0.233 e. The van der Waals surface area contributed by atoms with Gasteiger partial charge in [0, 0.05) is 18.0 Å². The van der Waals surface area contributed by atoms with Gasteiger partial charge in [0.2, 0.25) is 5.91 Å². The summed E-state index contributed by atoms with van der Waals surface area (Å²) in [7, 11) is 1.69. The Kier molecular flexibility index (Phi) is 4.02. The van der Waals surface area contributed by atoms with Gasteiger partial charge in [-0.05, 0) is 28.6 Å². The fourth-order valence-electron chi connectivity index (χ4n) is 2.37. The van der Waals surface area contributed by atoms with Gasteiger partial charge in [-0.3, -0.25) is 4.79 Å². The predicted octanol–water partition coefficient (Wildman–Crippen LogP) is 1.29. The minimum atomic E-state index is -0.221.